The van der Waals surface area contributed by atoms with Crippen LogP contribution in [0.25, 0.3) is 0 Å². The van der Waals surface area contributed by atoms with Gasteiger partial charge in [-0.25, -0.2) is 0 Å². The highest BCUT2D eigenvalue weighted by atomic mass is 32.2. The van der Waals surface area contributed by atoms with Crippen LogP contribution in [0, 0.1) is 6.92 Å². The second-order valence-corrected chi connectivity index (χ2v) is 5.50. The lowest BCUT2D eigenvalue weighted by atomic mass is 10.2. The van der Waals surface area contributed by atoms with Gasteiger partial charge in [0.25, 0.3) is 0 Å². The molecule has 0 unspecified atom stereocenters. The Morgan fingerprint density at radius 2 is 1.76 bits per heavy atom. The van der Waals surface area contributed by atoms with Crippen LogP contribution in [0.1, 0.15) is 26.3 Å². The molecule has 2 nitrogen and oxygen atoms in total. The average molecular weight is 251 g/mol. The molecule has 0 saturated heterocycles. The van der Waals surface area contributed by atoms with Gasteiger partial charge in [0.15, 0.2) is 0 Å². The summed E-state index contributed by atoms with van der Waals surface area (Å²) in [5.74, 6) is 0.223. The molecular formula is C14H21NOS. The molecule has 0 aliphatic heterocycles. The lowest BCUT2D eigenvalue weighted by Crippen LogP contribution is -2.36. The van der Waals surface area contributed by atoms with E-state index < -0.39 is 0 Å². The molecule has 0 N–H and O–H groups in total. The molecule has 0 radical (unpaired) electrons. The van der Waals surface area contributed by atoms with Gasteiger partial charge in [0.05, 0.1) is 5.25 Å². The number of aryl methyl sites for hydroxylation is 1. The maximum absolute atomic E-state index is 12.1. The van der Waals surface area contributed by atoms with E-state index in [4.69, 9.17) is 0 Å². The largest absolute Gasteiger partial charge is 0.342 e. The van der Waals surface area contributed by atoms with Crippen molar-refractivity contribution in [2.75, 3.05) is 13.1 Å². The van der Waals surface area contributed by atoms with Gasteiger partial charge in [-0.1, -0.05) is 17.7 Å². The zero-order chi connectivity index (χ0) is 12.8. The Bertz CT molecular complexity index is 357. The minimum Gasteiger partial charge on any atom is -0.342 e. The fourth-order valence-corrected chi connectivity index (χ4v) is 2.62. The molecule has 0 aliphatic rings. The lowest BCUT2D eigenvalue weighted by molar-refractivity contribution is -0.129. The first kappa shape index (κ1) is 14.1. The van der Waals surface area contributed by atoms with Gasteiger partial charge in [-0.3, -0.25) is 4.79 Å². The zero-order valence-electron chi connectivity index (χ0n) is 11.1. The highest BCUT2D eigenvalue weighted by molar-refractivity contribution is 8.00. The number of hydrogen-bond acceptors (Lipinski definition) is 2. The van der Waals surface area contributed by atoms with Crippen molar-refractivity contribution >= 4 is 17.7 Å². The fraction of sp³-hybridized carbons (Fsp3) is 0.500. The molecule has 0 saturated carbocycles. The lowest BCUT2D eigenvalue weighted by Gasteiger charge is -2.22. The molecule has 1 aromatic carbocycles. The first-order valence-corrected chi connectivity index (χ1v) is 6.98. The topological polar surface area (TPSA) is 20.3 Å². The maximum atomic E-state index is 12.1. The summed E-state index contributed by atoms with van der Waals surface area (Å²) in [5, 5.41) is -0.0161. The van der Waals surface area contributed by atoms with Gasteiger partial charge < -0.3 is 4.90 Å². The number of hydrogen-bond donors (Lipinski definition) is 0. The summed E-state index contributed by atoms with van der Waals surface area (Å²) in [4.78, 5) is 15.1. The number of thioether (sulfide) groups is 1. The monoisotopic (exact) mass is 251 g/mol. The van der Waals surface area contributed by atoms with Crippen LogP contribution < -0.4 is 0 Å². The molecule has 0 heterocycles. The Kier molecular flexibility index (Phi) is 5.56. The molecule has 0 spiro atoms. The van der Waals surface area contributed by atoms with Crippen molar-refractivity contribution in [1.29, 1.82) is 0 Å². The predicted octanol–water partition coefficient (Wildman–Crippen LogP) is 3.34. The second kappa shape index (κ2) is 6.70. The summed E-state index contributed by atoms with van der Waals surface area (Å²) in [6, 6.07) is 8.31. The Balaban J connectivity index is 2.62. The van der Waals surface area contributed by atoms with Crippen LogP contribution in [-0.2, 0) is 4.79 Å². The van der Waals surface area contributed by atoms with E-state index in [9.17, 15) is 4.79 Å². The molecule has 0 bridgehead atoms. The molecule has 3 heteroatoms. The number of rotatable bonds is 5. The summed E-state index contributed by atoms with van der Waals surface area (Å²) in [6.45, 7) is 9.65. The molecule has 0 aliphatic carbocycles. The van der Waals surface area contributed by atoms with Crippen molar-refractivity contribution in [2.45, 2.75) is 37.8 Å². The quantitative estimate of drug-likeness (QED) is 0.748. The SMILES string of the molecule is CCN(CC)C(=O)[C@H](C)Sc1ccc(C)cc1. The highest BCUT2D eigenvalue weighted by Gasteiger charge is 2.18. The minimum atomic E-state index is -0.0161. The van der Waals surface area contributed by atoms with E-state index in [-0.39, 0.29) is 11.2 Å². The Hall–Kier alpha value is -0.960. The molecule has 1 aromatic rings. The number of nitrogens with zero attached hydrogens (tertiary/aromatic N) is 1. The third kappa shape index (κ3) is 4.08. The van der Waals surface area contributed by atoms with Crippen molar-refractivity contribution in [1.82, 2.24) is 4.90 Å². The maximum Gasteiger partial charge on any atom is 0.235 e. The number of carbonyl (C=O) groups is 1. The fourth-order valence-electron chi connectivity index (χ4n) is 1.66. The average Bonchev–Trinajstić information content (AvgIpc) is 2.33. The van der Waals surface area contributed by atoms with Gasteiger partial charge >= 0.3 is 0 Å². The van der Waals surface area contributed by atoms with Crippen LogP contribution >= 0.6 is 11.8 Å². The van der Waals surface area contributed by atoms with E-state index >= 15 is 0 Å². The van der Waals surface area contributed by atoms with E-state index in [1.165, 1.54) is 5.56 Å². The van der Waals surface area contributed by atoms with Crippen LogP contribution in [-0.4, -0.2) is 29.1 Å². The van der Waals surface area contributed by atoms with Crippen LogP contribution in [0.3, 0.4) is 0 Å². The van der Waals surface area contributed by atoms with Crippen molar-refractivity contribution in [2.24, 2.45) is 0 Å². The second-order valence-electron chi connectivity index (χ2n) is 4.08. The van der Waals surface area contributed by atoms with Gasteiger partial charge in [-0.05, 0) is 39.8 Å². The van der Waals surface area contributed by atoms with Gasteiger partial charge in [0.2, 0.25) is 5.91 Å². The van der Waals surface area contributed by atoms with E-state index in [0.29, 0.717) is 0 Å². The number of carbonyl (C=O) groups excluding carboxylic acids is 1. The standard InChI is InChI=1S/C14H21NOS/c1-5-15(6-2)14(16)12(4)17-13-9-7-11(3)8-10-13/h7-10,12H,5-6H2,1-4H3/t12-/m0/s1. The molecule has 1 atom stereocenters. The minimum absolute atomic E-state index is 0.0161. The normalized spacial score (nSPS) is 12.2. The van der Waals surface area contributed by atoms with Crippen molar-refractivity contribution < 1.29 is 4.79 Å². The Labute approximate surface area is 108 Å². The molecule has 0 fully saturated rings. The molecule has 0 aromatic heterocycles. The predicted molar refractivity (Wildman–Crippen MR) is 74.4 cm³/mol. The van der Waals surface area contributed by atoms with Gasteiger partial charge in [-0.15, -0.1) is 11.8 Å². The molecular weight excluding hydrogens is 230 g/mol. The van der Waals surface area contributed by atoms with E-state index in [0.717, 1.165) is 18.0 Å². The summed E-state index contributed by atoms with van der Waals surface area (Å²) in [5.41, 5.74) is 1.25. The summed E-state index contributed by atoms with van der Waals surface area (Å²) in [6.07, 6.45) is 0. The van der Waals surface area contributed by atoms with Crippen LogP contribution in [0.2, 0.25) is 0 Å². The summed E-state index contributed by atoms with van der Waals surface area (Å²) < 4.78 is 0. The first-order chi connectivity index (χ1) is 8.08. The van der Waals surface area contributed by atoms with E-state index in [2.05, 4.69) is 31.2 Å². The Morgan fingerprint density at radius 3 is 2.24 bits per heavy atom. The molecule has 94 valence electrons. The van der Waals surface area contributed by atoms with Crippen LogP contribution in [0.15, 0.2) is 29.2 Å². The van der Waals surface area contributed by atoms with Gasteiger partial charge in [-0.2, -0.15) is 0 Å². The van der Waals surface area contributed by atoms with Gasteiger partial charge in [0, 0.05) is 18.0 Å². The van der Waals surface area contributed by atoms with Crippen LogP contribution in [0.4, 0.5) is 0 Å². The van der Waals surface area contributed by atoms with Crippen molar-refractivity contribution in [3.05, 3.63) is 29.8 Å². The smallest absolute Gasteiger partial charge is 0.235 e. The zero-order valence-corrected chi connectivity index (χ0v) is 11.9. The molecule has 1 rings (SSSR count). The third-order valence-electron chi connectivity index (χ3n) is 2.76. The number of amides is 1. The van der Waals surface area contributed by atoms with E-state index in [1.54, 1.807) is 11.8 Å². The summed E-state index contributed by atoms with van der Waals surface area (Å²) in [7, 11) is 0. The number of benzene rings is 1. The van der Waals surface area contributed by atoms with Crippen molar-refractivity contribution in [3.8, 4) is 0 Å². The highest BCUT2D eigenvalue weighted by Crippen LogP contribution is 2.24. The first-order valence-electron chi connectivity index (χ1n) is 6.10. The third-order valence-corrected chi connectivity index (χ3v) is 3.86. The summed E-state index contributed by atoms with van der Waals surface area (Å²) >= 11 is 1.63. The van der Waals surface area contributed by atoms with E-state index in [1.807, 2.05) is 25.7 Å². The molecule has 1 amide bonds. The van der Waals surface area contributed by atoms with Gasteiger partial charge in [0.1, 0.15) is 0 Å². The van der Waals surface area contributed by atoms with Crippen LogP contribution in [0.5, 0.6) is 0 Å². The Morgan fingerprint density at radius 1 is 1.24 bits per heavy atom. The van der Waals surface area contributed by atoms with Crippen molar-refractivity contribution in [3.63, 3.8) is 0 Å². The molecule has 17 heavy (non-hydrogen) atoms.